The summed E-state index contributed by atoms with van der Waals surface area (Å²) in [6, 6.07) is 0.734. The van der Waals surface area contributed by atoms with Gasteiger partial charge < -0.3 is 4.84 Å². The molecule has 0 N–H and O–H groups in total. The first kappa shape index (κ1) is 10.6. The van der Waals surface area contributed by atoms with Crippen molar-refractivity contribution in [2.75, 3.05) is 0 Å². The van der Waals surface area contributed by atoms with E-state index in [1.807, 2.05) is 6.40 Å². The average molecular weight is 223 g/mol. The Labute approximate surface area is 98.0 Å². The van der Waals surface area contributed by atoms with Gasteiger partial charge in [0.25, 0.3) is 0 Å². The maximum Gasteiger partial charge on any atom is 0.345 e. The van der Waals surface area contributed by atoms with Crippen molar-refractivity contribution in [2.24, 2.45) is 0 Å². The molecule has 0 aromatic rings. The van der Waals surface area contributed by atoms with E-state index in [4.69, 9.17) is 4.84 Å². The Kier molecular flexibility index (Phi) is 2.46. The van der Waals surface area contributed by atoms with Crippen molar-refractivity contribution in [1.29, 1.82) is 0 Å². The van der Waals surface area contributed by atoms with E-state index in [1.165, 1.54) is 44.9 Å². The molecule has 2 aliphatic heterocycles. The van der Waals surface area contributed by atoms with Crippen LogP contribution in [0.25, 0.3) is 0 Å². The number of fused-ring (bicyclic) bond motifs is 1. The molecule has 1 unspecified atom stereocenters. The molecule has 1 aliphatic carbocycles. The molecule has 1 atom stereocenters. The van der Waals surface area contributed by atoms with Gasteiger partial charge in [0.05, 0.1) is 5.54 Å². The maximum absolute atomic E-state index is 5.79. The summed E-state index contributed by atoms with van der Waals surface area (Å²) < 4.78 is 2.49. The predicted molar refractivity (Wildman–Crippen MR) is 63.2 cm³/mol. The Morgan fingerprint density at radius 1 is 1.19 bits per heavy atom. The van der Waals surface area contributed by atoms with Crippen LogP contribution in [0.2, 0.25) is 0 Å². The molecule has 0 radical (unpaired) electrons. The summed E-state index contributed by atoms with van der Waals surface area (Å²) >= 11 is 0. The third-order valence-corrected chi connectivity index (χ3v) is 4.50. The molecular formula is C13H23N2O+. The molecule has 3 nitrogen and oxygen atoms in total. The van der Waals surface area contributed by atoms with Crippen LogP contribution in [-0.2, 0) is 4.84 Å². The lowest BCUT2D eigenvalue weighted by molar-refractivity contribution is -0.610. The maximum atomic E-state index is 5.79. The van der Waals surface area contributed by atoms with Crippen LogP contribution in [0.15, 0.2) is 0 Å². The van der Waals surface area contributed by atoms with Gasteiger partial charge in [-0.15, -0.1) is 0 Å². The van der Waals surface area contributed by atoms with E-state index < -0.39 is 0 Å². The molecule has 0 spiro atoms. The van der Waals surface area contributed by atoms with Crippen LogP contribution in [0.5, 0.6) is 0 Å². The third kappa shape index (κ3) is 1.56. The van der Waals surface area contributed by atoms with Crippen molar-refractivity contribution in [3.05, 3.63) is 0 Å². The second-order valence-corrected chi connectivity index (χ2v) is 6.11. The Balaban J connectivity index is 1.74. The zero-order chi connectivity index (χ0) is 11.2. The molecule has 0 aromatic carbocycles. The summed E-state index contributed by atoms with van der Waals surface area (Å²) in [5.41, 5.74) is 0.213. The van der Waals surface area contributed by atoms with Crippen molar-refractivity contribution in [3.63, 3.8) is 0 Å². The van der Waals surface area contributed by atoms with Crippen molar-refractivity contribution in [2.45, 2.75) is 76.5 Å². The molecule has 3 rings (SSSR count). The van der Waals surface area contributed by atoms with Gasteiger partial charge in [0.1, 0.15) is 0 Å². The molecule has 0 aromatic heterocycles. The molecule has 3 heteroatoms. The van der Waals surface area contributed by atoms with Crippen LogP contribution >= 0.6 is 0 Å². The zero-order valence-electron chi connectivity index (χ0n) is 10.5. The highest BCUT2D eigenvalue weighted by Gasteiger charge is 2.52. The van der Waals surface area contributed by atoms with Crippen molar-refractivity contribution >= 4 is 6.40 Å². The molecule has 16 heavy (non-hydrogen) atoms. The normalized spacial score (nSPS) is 34.6. The summed E-state index contributed by atoms with van der Waals surface area (Å²) in [4.78, 5) is 5.79. The summed E-state index contributed by atoms with van der Waals surface area (Å²) in [5.74, 6) is 0. The lowest BCUT2D eigenvalue weighted by Crippen LogP contribution is -2.44. The van der Waals surface area contributed by atoms with Gasteiger partial charge in [-0.25, -0.2) is 0 Å². The van der Waals surface area contributed by atoms with E-state index >= 15 is 0 Å². The van der Waals surface area contributed by atoms with Gasteiger partial charge in [0.2, 0.25) is 6.17 Å². The summed E-state index contributed by atoms with van der Waals surface area (Å²) in [6.07, 6.45) is 11.9. The number of nitrogens with zero attached hydrogens (tertiary/aromatic N) is 2. The van der Waals surface area contributed by atoms with E-state index in [0.717, 1.165) is 6.04 Å². The first-order valence-electron chi connectivity index (χ1n) is 6.75. The summed E-state index contributed by atoms with van der Waals surface area (Å²) in [5, 5.41) is 2.21. The van der Waals surface area contributed by atoms with E-state index in [0.29, 0.717) is 6.17 Å². The Morgan fingerprint density at radius 3 is 2.69 bits per heavy atom. The van der Waals surface area contributed by atoms with Crippen molar-refractivity contribution in [1.82, 2.24) is 5.06 Å². The minimum atomic E-state index is 0.213. The zero-order valence-corrected chi connectivity index (χ0v) is 10.5. The highest BCUT2D eigenvalue weighted by Crippen LogP contribution is 2.37. The minimum Gasteiger partial charge on any atom is -0.345 e. The third-order valence-electron chi connectivity index (χ3n) is 4.50. The number of hydrogen-bond acceptors (Lipinski definition) is 2. The second kappa shape index (κ2) is 3.73. The fourth-order valence-corrected chi connectivity index (χ4v) is 3.48. The van der Waals surface area contributed by atoms with Crippen LogP contribution in [0, 0.1) is 0 Å². The Hall–Kier alpha value is -0.570. The molecule has 1 saturated carbocycles. The van der Waals surface area contributed by atoms with E-state index in [1.54, 1.807) is 0 Å². The van der Waals surface area contributed by atoms with Gasteiger partial charge >= 0.3 is 6.40 Å². The lowest BCUT2D eigenvalue weighted by atomic mass is 9.95. The Bertz CT molecular complexity index is 305. The average Bonchev–Trinajstić information content (AvgIpc) is 2.82. The van der Waals surface area contributed by atoms with Gasteiger partial charge in [-0.2, -0.15) is 4.58 Å². The highest BCUT2D eigenvalue weighted by atomic mass is 16.7. The van der Waals surface area contributed by atoms with Gasteiger partial charge in [-0.05, 0) is 33.1 Å². The molecule has 1 saturated heterocycles. The van der Waals surface area contributed by atoms with Gasteiger partial charge in [-0.1, -0.05) is 11.5 Å². The Morgan fingerprint density at radius 2 is 1.94 bits per heavy atom. The van der Waals surface area contributed by atoms with Crippen molar-refractivity contribution < 1.29 is 9.41 Å². The fraction of sp³-hybridized carbons (Fsp3) is 0.923. The smallest absolute Gasteiger partial charge is 0.345 e. The lowest BCUT2D eigenvalue weighted by Gasteiger charge is -2.26. The molecule has 3 aliphatic rings. The molecule has 90 valence electrons. The van der Waals surface area contributed by atoms with Crippen LogP contribution in [-0.4, -0.2) is 33.8 Å². The summed E-state index contributed by atoms with van der Waals surface area (Å²) in [6.45, 7) is 4.57. The van der Waals surface area contributed by atoms with E-state index in [9.17, 15) is 0 Å². The quantitative estimate of drug-likeness (QED) is 0.635. The minimum absolute atomic E-state index is 0.213. The molecule has 0 amide bonds. The summed E-state index contributed by atoms with van der Waals surface area (Å²) in [7, 11) is 0. The van der Waals surface area contributed by atoms with E-state index in [2.05, 4.69) is 23.5 Å². The predicted octanol–water partition coefficient (Wildman–Crippen LogP) is 2.51. The van der Waals surface area contributed by atoms with Gasteiger partial charge in [-0.3, -0.25) is 0 Å². The first-order valence-corrected chi connectivity index (χ1v) is 6.75. The fourth-order valence-electron chi connectivity index (χ4n) is 3.48. The van der Waals surface area contributed by atoms with Gasteiger partial charge in [0.15, 0.2) is 6.04 Å². The number of rotatable bonds is 1. The first-order chi connectivity index (χ1) is 7.68. The van der Waals surface area contributed by atoms with Crippen LogP contribution in [0.4, 0.5) is 0 Å². The monoisotopic (exact) mass is 223 g/mol. The highest BCUT2D eigenvalue weighted by molar-refractivity contribution is 5.41. The van der Waals surface area contributed by atoms with Crippen LogP contribution in [0.3, 0.4) is 0 Å². The van der Waals surface area contributed by atoms with E-state index in [-0.39, 0.29) is 5.54 Å². The second-order valence-electron chi connectivity index (χ2n) is 6.11. The standard InChI is InChI=1S/C13H23N2O/c1-13(2)9-8-12-14(10-16-15(12)13)11-6-4-3-5-7-11/h10-12H,3-9H2,1-2H3/q+1. The van der Waals surface area contributed by atoms with Gasteiger partial charge in [0, 0.05) is 19.3 Å². The molecule has 0 bridgehead atoms. The largest absolute Gasteiger partial charge is 0.345 e. The van der Waals surface area contributed by atoms with Crippen molar-refractivity contribution in [3.8, 4) is 0 Å². The van der Waals surface area contributed by atoms with Crippen LogP contribution < -0.4 is 0 Å². The number of hydrogen-bond donors (Lipinski definition) is 0. The topological polar surface area (TPSA) is 15.5 Å². The van der Waals surface area contributed by atoms with Crippen LogP contribution in [0.1, 0.15) is 58.8 Å². The number of hydroxylamine groups is 2. The SMILES string of the molecule is CC1(C)CCC2N1OC=[N+]2C1CCCCC1. The molecule has 2 fully saturated rings. The molecular weight excluding hydrogens is 200 g/mol. The molecule has 2 heterocycles.